The average molecular weight is 396 g/mol. The van der Waals surface area contributed by atoms with Gasteiger partial charge in [-0.1, -0.05) is 42.5 Å². The van der Waals surface area contributed by atoms with E-state index in [1.807, 2.05) is 54.7 Å². The summed E-state index contributed by atoms with van der Waals surface area (Å²) in [7, 11) is 0. The maximum Gasteiger partial charge on any atom is 0.146 e. The van der Waals surface area contributed by atoms with Gasteiger partial charge in [-0.2, -0.15) is 0 Å². The van der Waals surface area contributed by atoms with E-state index in [-0.39, 0.29) is 11.8 Å². The Morgan fingerprint density at radius 1 is 0.733 bits per heavy atom. The van der Waals surface area contributed by atoms with E-state index < -0.39 is 0 Å². The summed E-state index contributed by atoms with van der Waals surface area (Å²) in [5, 5.41) is 12.1. The number of rotatable bonds is 4. The van der Waals surface area contributed by atoms with Gasteiger partial charge in [0.25, 0.3) is 0 Å². The Balaban J connectivity index is 1.49. The van der Waals surface area contributed by atoms with Gasteiger partial charge in [0.15, 0.2) is 0 Å². The molecule has 0 amide bonds. The first kappa shape index (κ1) is 18.6. The van der Waals surface area contributed by atoms with Crippen molar-refractivity contribution in [2.75, 3.05) is 31.1 Å². The number of phenols is 1. The van der Waals surface area contributed by atoms with Crippen molar-refractivity contribution in [1.82, 2.24) is 14.9 Å². The molecule has 1 atom stereocenters. The summed E-state index contributed by atoms with van der Waals surface area (Å²) in [6.07, 6.45) is 3.54. The van der Waals surface area contributed by atoms with Crippen LogP contribution in [0.3, 0.4) is 0 Å². The maximum atomic E-state index is 11.1. The lowest BCUT2D eigenvalue weighted by atomic mass is 9.97. The highest BCUT2D eigenvalue weighted by Crippen LogP contribution is 2.37. The van der Waals surface area contributed by atoms with Crippen LogP contribution >= 0.6 is 0 Å². The van der Waals surface area contributed by atoms with Crippen LogP contribution < -0.4 is 4.90 Å². The lowest BCUT2D eigenvalue weighted by Crippen LogP contribution is -2.48. The SMILES string of the molecule is Oc1c([C@@H](c2ccccn2)N2CCN(c3ccccc3)CC2)ccc2cccnc12. The van der Waals surface area contributed by atoms with Crippen molar-refractivity contribution in [2.45, 2.75) is 6.04 Å². The lowest BCUT2D eigenvalue weighted by molar-refractivity contribution is 0.206. The summed E-state index contributed by atoms with van der Waals surface area (Å²) < 4.78 is 0. The smallest absolute Gasteiger partial charge is 0.146 e. The first-order valence-electron chi connectivity index (χ1n) is 10.3. The third kappa shape index (κ3) is 3.48. The number of benzene rings is 2. The second-order valence-corrected chi connectivity index (χ2v) is 7.59. The van der Waals surface area contributed by atoms with E-state index >= 15 is 0 Å². The minimum Gasteiger partial charge on any atom is -0.505 e. The molecule has 4 aromatic rings. The van der Waals surface area contributed by atoms with Crippen molar-refractivity contribution >= 4 is 16.6 Å². The zero-order valence-corrected chi connectivity index (χ0v) is 16.7. The molecule has 0 aliphatic carbocycles. The van der Waals surface area contributed by atoms with E-state index in [0.29, 0.717) is 5.52 Å². The topological polar surface area (TPSA) is 52.5 Å². The van der Waals surface area contributed by atoms with E-state index in [2.05, 4.69) is 44.0 Å². The van der Waals surface area contributed by atoms with Gasteiger partial charge in [0.05, 0.1) is 11.7 Å². The monoisotopic (exact) mass is 396 g/mol. The van der Waals surface area contributed by atoms with Crippen LogP contribution in [0.25, 0.3) is 10.9 Å². The molecule has 2 aromatic heterocycles. The van der Waals surface area contributed by atoms with Crippen LogP contribution in [0.5, 0.6) is 5.75 Å². The van der Waals surface area contributed by atoms with E-state index in [9.17, 15) is 5.11 Å². The highest BCUT2D eigenvalue weighted by molar-refractivity contribution is 5.85. The second kappa shape index (κ2) is 8.13. The zero-order valence-electron chi connectivity index (χ0n) is 16.7. The summed E-state index contributed by atoms with van der Waals surface area (Å²) >= 11 is 0. The van der Waals surface area contributed by atoms with Gasteiger partial charge in [0.1, 0.15) is 11.3 Å². The number of piperazine rings is 1. The van der Waals surface area contributed by atoms with Gasteiger partial charge in [0.2, 0.25) is 0 Å². The number of para-hydroxylation sites is 1. The molecule has 3 heterocycles. The molecular formula is C25H24N4O. The molecule has 150 valence electrons. The van der Waals surface area contributed by atoms with E-state index in [4.69, 9.17) is 0 Å². The molecule has 1 aliphatic heterocycles. The second-order valence-electron chi connectivity index (χ2n) is 7.59. The number of phenolic OH excluding ortho intramolecular Hbond substituents is 1. The van der Waals surface area contributed by atoms with Crippen molar-refractivity contribution < 1.29 is 5.11 Å². The fourth-order valence-corrected chi connectivity index (χ4v) is 4.32. The molecule has 1 N–H and O–H groups in total. The van der Waals surface area contributed by atoms with Crippen LogP contribution in [0, 0.1) is 0 Å². The third-order valence-electron chi connectivity index (χ3n) is 5.84. The molecule has 0 unspecified atom stereocenters. The minimum absolute atomic E-state index is 0.115. The average Bonchev–Trinajstić information content (AvgIpc) is 2.83. The maximum absolute atomic E-state index is 11.1. The molecular weight excluding hydrogens is 372 g/mol. The van der Waals surface area contributed by atoms with E-state index in [1.54, 1.807) is 6.20 Å². The normalized spacial score (nSPS) is 15.9. The highest BCUT2D eigenvalue weighted by Gasteiger charge is 2.30. The number of pyridine rings is 2. The number of hydrogen-bond acceptors (Lipinski definition) is 5. The Morgan fingerprint density at radius 3 is 2.27 bits per heavy atom. The molecule has 5 rings (SSSR count). The fourth-order valence-electron chi connectivity index (χ4n) is 4.32. The minimum atomic E-state index is -0.115. The molecule has 0 spiro atoms. The standard InChI is InChI=1S/C25H24N4O/c30-25-21(12-11-19-7-6-14-27-23(19)25)24(22-10-4-5-13-26-22)29-17-15-28(16-18-29)20-8-2-1-3-9-20/h1-14,24,30H,15-18H2/t24-/m0/s1. The molecule has 0 radical (unpaired) electrons. The van der Waals surface area contributed by atoms with E-state index in [0.717, 1.165) is 42.8 Å². The molecule has 1 saturated heterocycles. The number of fused-ring (bicyclic) bond motifs is 1. The van der Waals surface area contributed by atoms with Crippen molar-refractivity contribution in [1.29, 1.82) is 0 Å². The fraction of sp³-hybridized carbons (Fsp3) is 0.200. The zero-order chi connectivity index (χ0) is 20.3. The van der Waals surface area contributed by atoms with Gasteiger partial charge < -0.3 is 10.0 Å². The molecule has 0 saturated carbocycles. The highest BCUT2D eigenvalue weighted by atomic mass is 16.3. The van der Waals surface area contributed by atoms with Gasteiger partial charge in [-0.05, 0) is 30.3 Å². The predicted molar refractivity (Wildman–Crippen MR) is 120 cm³/mol. The molecule has 1 fully saturated rings. The van der Waals surface area contributed by atoms with Crippen molar-refractivity contribution in [3.8, 4) is 5.75 Å². The van der Waals surface area contributed by atoms with Crippen molar-refractivity contribution in [3.05, 3.63) is 96.4 Å². The van der Waals surface area contributed by atoms with Crippen LogP contribution in [0.1, 0.15) is 17.3 Å². The summed E-state index contributed by atoms with van der Waals surface area (Å²) in [6, 6.07) is 24.3. The van der Waals surface area contributed by atoms with Crippen LogP contribution in [-0.4, -0.2) is 46.2 Å². The summed E-state index contributed by atoms with van der Waals surface area (Å²) in [5.41, 5.74) is 3.69. The van der Waals surface area contributed by atoms with Crippen LogP contribution in [0.4, 0.5) is 5.69 Å². The molecule has 1 aliphatic rings. The first-order valence-corrected chi connectivity index (χ1v) is 10.3. The lowest BCUT2D eigenvalue weighted by Gasteiger charge is -2.40. The Hall–Kier alpha value is -3.44. The summed E-state index contributed by atoms with van der Waals surface area (Å²) in [6.45, 7) is 3.63. The van der Waals surface area contributed by atoms with Gasteiger partial charge in [-0.15, -0.1) is 0 Å². The molecule has 2 aromatic carbocycles. The quantitative estimate of drug-likeness (QED) is 0.559. The van der Waals surface area contributed by atoms with Gasteiger partial charge in [0, 0.05) is 55.2 Å². The Morgan fingerprint density at radius 2 is 1.50 bits per heavy atom. The van der Waals surface area contributed by atoms with Crippen molar-refractivity contribution in [2.24, 2.45) is 0 Å². The molecule has 5 heteroatoms. The first-order chi connectivity index (χ1) is 14.8. The third-order valence-corrected chi connectivity index (χ3v) is 5.84. The number of nitrogens with zero attached hydrogens (tertiary/aromatic N) is 4. The van der Waals surface area contributed by atoms with Gasteiger partial charge in [-0.25, -0.2) is 0 Å². The number of aromatic hydroxyl groups is 1. The molecule has 30 heavy (non-hydrogen) atoms. The van der Waals surface area contributed by atoms with Gasteiger partial charge in [-0.3, -0.25) is 14.9 Å². The van der Waals surface area contributed by atoms with Crippen LogP contribution in [0.2, 0.25) is 0 Å². The van der Waals surface area contributed by atoms with Crippen LogP contribution in [-0.2, 0) is 0 Å². The predicted octanol–water partition coefficient (Wildman–Crippen LogP) is 4.25. The summed E-state index contributed by atoms with van der Waals surface area (Å²) in [4.78, 5) is 13.9. The van der Waals surface area contributed by atoms with Crippen molar-refractivity contribution in [3.63, 3.8) is 0 Å². The molecule has 0 bridgehead atoms. The Kier molecular flexibility index (Phi) is 5.03. The van der Waals surface area contributed by atoms with E-state index in [1.165, 1.54) is 5.69 Å². The number of anilines is 1. The Bertz CT molecular complexity index is 1130. The summed E-state index contributed by atoms with van der Waals surface area (Å²) in [5.74, 6) is 0.245. The largest absolute Gasteiger partial charge is 0.505 e. The van der Waals surface area contributed by atoms with Gasteiger partial charge >= 0.3 is 0 Å². The number of hydrogen-bond donors (Lipinski definition) is 1. The number of aromatic nitrogens is 2. The Labute approximate surface area is 176 Å². The van der Waals surface area contributed by atoms with Crippen LogP contribution in [0.15, 0.2) is 85.2 Å². The molecule has 5 nitrogen and oxygen atoms in total.